The summed E-state index contributed by atoms with van der Waals surface area (Å²) in [5.41, 5.74) is 0.670. The maximum atomic E-state index is 11.3. The zero-order chi connectivity index (χ0) is 12.0. The van der Waals surface area contributed by atoms with Gasteiger partial charge in [-0.3, -0.25) is 4.79 Å². The average Bonchev–Trinajstić information content (AvgIpc) is 2.87. The van der Waals surface area contributed by atoms with E-state index in [1.165, 1.54) is 0 Å². The van der Waals surface area contributed by atoms with Crippen LogP contribution in [0.3, 0.4) is 0 Å². The van der Waals surface area contributed by atoms with Crippen LogP contribution in [-0.4, -0.2) is 30.9 Å². The van der Waals surface area contributed by atoms with Gasteiger partial charge in [0.25, 0.3) is 0 Å². The number of fused-ring (bicyclic) bond motifs is 1. The first kappa shape index (κ1) is 10.6. The van der Waals surface area contributed by atoms with E-state index in [0.29, 0.717) is 6.61 Å². The molecule has 3 atom stereocenters. The minimum atomic E-state index is -0.762. The Bertz CT molecular complexity index is 466. The number of carboxylic acid groups (broad SMARTS) is 1. The van der Waals surface area contributed by atoms with E-state index in [4.69, 9.17) is 9.47 Å². The third-order valence-electron chi connectivity index (χ3n) is 4.00. The summed E-state index contributed by atoms with van der Waals surface area (Å²) in [6.45, 7) is 0.502. The SMILES string of the molecule is COc1cccc(C23COC(C2)C3C(=O)O)c1. The van der Waals surface area contributed by atoms with Gasteiger partial charge in [-0.2, -0.15) is 0 Å². The molecule has 1 aliphatic carbocycles. The third kappa shape index (κ3) is 1.30. The van der Waals surface area contributed by atoms with Crippen LogP contribution in [0, 0.1) is 5.92 Å². The number of carbonyl (C=O) groups is 1. The average molecular weight is 234 g/mol. The Morgan fingerprint density at radius 2 is 2.41 bits per heavy atom. The maximum Gasteiger partial charge on any atom is 0.310 e. The van der Waals surface area contributed by atoms with Gasteiger partial charge < -0.3 is 14.6 Å². The first-order chi connectivity index (χ1) is 8.17. The Balaban J connectivity index is 2.00. The van der Waals surface area contributed by atoms with Crippen LogP contribution in [0.4, 0.5) is 0 Å². The highest BCUT2D eigenvalue weighted by atomic mass is 16.5. The molecule has 1 N–H and O–H groups in total. The van der Waals surface area contributed by atoms with E-state index < -0.39 is 11.9 Å². The Hall–Kier alpha value is -1.55. The van der Waals surface area contributed by atoms with Crippen molar-refractivity contribution in [1.29, 1.82) is 0 Å². The highest BCUT2D eigenvalue weighted by Crippen LogP contribution is 2.56. The first-order valence-electron chi connectivity index (χ1n) is 5.66. The van der Waals surface area contributed by atoms with Crippen molar-refractivity contribution in [2.24, 2.45) is 5.92 Å². The highest BCUT2D eigenvalue weighted by Gasteiger charge is 2.64. The van der Waals surface area contributed by atoms with E-state index in [2.05, 4.69) is 0 Å². The fourth-order valence-electron chi connectivity index (χ4n) is 3.07. The molecule has 2 aliphatic heterocycles. The fourth-order valence-corrected chi connectivity index (χ4v) is 3.07. The van der Waals surface area contributed by atoms with Gasteiger partial charge in [0, 0.05) is 5.41 Å². The summed E-state index contributed by atoms with van der Waals surface area (Å²) < 4.78 is 10.7. The van der Waals surface area contributed by atoms with Gasteiger partial charge in [-0.1, -0.05) is 12.1 Å². The van der Waals surface area contributed by atoms with E-state index in [1.807, 2.05) is 24.3 Å². The van der Waals surface area contributed by atoms with Gasteiger partial charge in [0.1, 0.15) is 5.75 Å². The molecule has 4 nitrogen and oxygen atoms in total. The second kappa shape index (κ2) is 3.47. The van der Waals surface area contributed by atoms with Crippen LogP contribution in [-0.2, 0) is 14.9 Å². The van der Waals surface area contributed by atoms with Crippen molar-refractivity contribution in [2.75, 3.05) is 13.7 Å². The van der Waals surface area contributed by atoms with E-state index in [9.17, 15) is 9.90 Å². The molecule has 1 aromatic rings. The zero-order valence-electron chi connectivity index (χ0n) is 9.55. The fraction of sp³-hybridized carbons (Fsp3) is 0.462. The standard InChI is InChI=1S/C13H14O4/c1-16-9-4-2-3-8(5-9)13-6-10(17-7-13)11(13)12(14)15/h2-5,10-11H,6-7H2,1H3,(H,14,15). The van der Waals surface area contributed by atoms with E-state index in [0.717, 1.165) is 17.7 Å². The van der Waals surface area contributed by atoms with Crippen molar-refractivity contribution in [3.8, 4) is 5.75 Å². The Kier molecular flexibility index (Phi) is 2.16. The summed E-state index contributed by atoms with van der Waals surface area (Å²) >= 11 is 0. The van der Waals surface area contributed by atoms with Gasteiger partial charge in [0.05, 0.1) is 25.7 Å². The zero-order valence-corrected chi connectivity index (χ0v) is 9.55. The third-order valence-corrected chi connectivity index (χ3v) is 4.00. The summed E-state index contributed by atoms with van der Waals surface area (Å²) in [4.78, 5) is 11.3. The number of ether oxygens (including phenoxy) is 2. The monoisotopic (exact) mass is 234 g/mol. The maximum absolute atomic E-state index is 11.3. The number of rotatable bonds is 3. The lowest BCUT2D eigenvalue weighted by atomic mass is 9.57. The van der Waals surface area contributed by atoms with Gasteiger partial charge in [-0.05, 0) is 24.1 Å². The number of carboxylic acids is 1. The van der Waals surface area contributed by atoms with Gasteiger partial charge in [-0.15, -0.1) is 0 Å². The molecule has 1 saturated carbocycles. The van der Waals surface area contributed by atoms with Crippen molar-refractivity contribution in [1.82, 2.24) is 0 Å². The number of benzene rings is 1. The predicted octanol–water partition coefficient (Wildman–Crippen LogP) is 1.44. The lowest BCUT2D eigenvalue weighted by Gasteiger charge is -2.42. The molecule has 0 amide bonds. The molecule has 0 aromatic heterocycles. The van der Waals surface area contributed by atoms with E-state index in [-0.39, 0.29) is 11.5 Å². The number of methoxy groups -OCH3 is 1. The molecule has 3 aliphatic rings. The Labute approximate surface area is 99.2 Å². The number of hydrogen-bond acceptors (Lipinski definition) is 3. The van der Waals surface area contributed by atoms with E-state index in [1.54, 1.807) is 7.11 Å². The van der Waals surface area contributed by atoms with Crippen molar-refractivity contribution >= 4 is 5.97 Å². The van der Waals surface area contributed by atoms with Crippen LogP contribution in [0.1, 0.15) is 12.0 Å². The lowest BCUT2D eigenvalue weighted by Crippen LogP contribution is -2.52. The molecule has 2 bridgehead atoms. The van der Waals surface area contributed by atoms with Gasteiger partial charge in [0.15, 0.2) is 0 Å². The Morgan fingerprint density at radius 1 is 1.59 bits per heavy atom. The molecular weight excluding hydrogens is 220 g/mol. The predicted molar refractivity (Wildman–Crippen MR) is 60.2 cm³/mol. The minimum absolute atomic E-state index is 0.112. The van der Waals surface area contributed by atoms with Crippen LogP contribution in [0.5, 0.6) is 5.75 Å². The summed E-state index contributed by atoms with van der Waals surface area (Å²) in [7, 11) is 1.61. The molecule has 3 fully saturated rings. The molecule has 0 radical (unpaired) electrons. The molecule has 2 saturated heterocycles. The topological polar surface area (TPSA) is 55.8 Å². The summed E-state index contributed by atoms with van der Waals surface area (Å²) in [5.74, 6) is -0.410. The molecule has 1 aromatic carbocycles. The number of aliphatic carboxylic acids is 1. The molecule has 2 heterocycles. The van der Waals surface area contributed by atoms with E-state index >= 15 is 0 Å². The lowest BCUT2D eigenvalue weighted by molar-refractivity contribution is -0.150. The first-order valence-corrected chi connectivity index (χ1v) is 5.66. The summed E-state index contributed by atoms with van der Waals surface area (Å²) in [6, 6.07) is 7.64. The molecule has 4 heteroatoms. The van der Waals surface area contributed by atoms with Gasteiger partial charge in [0.2, 0.25) is 0 Å². The second-order valence-electron chi connectivity index (χ2n) is 4.76. The second-order valence-corrected chi connectivity index (χ2v) is 4.76. The van der Waals surface area contributed by atoms with Crippen LogP contribution in [0.15, 0.2) is 24.3 Å². The molecule has 4 rings (SSSR count). The molecular formula is C13H14O4. The Morgan fingerprint density at radius 3 is 3.06 bits per heavy atom. The van der Waals surface area contributed by atoms with Crippen LogP contribution < -0.4 is 4.74 Å². The quantitative estimate of drug-likeness (QED) is 0.859. The smallest absolute Gasteiger partial charge is 0.310 e. The van der Waals surface area contributed by atoms with Gasteiger partial charge in [-0.25, -0.2) is 0 Å². The summed E-state index contributed by atoms with van der Waals surface area (Å²) in [6.07, 6.45) is 0.690. The highest BCUT2D eigenvalue weighted by molar-refractivity contribution is 5.76. The largest absolute Gasteiger partial charge is 0.497 e. The normalized spacial score (nSPS) is 34.2. The molecule has 90 valence electrons. The van der Waals surface area contributed by atoms with Crippen molar-refractivity contribution in [3.05, 3.63) is 29.8 Å². The minimum Gasteiger partial charge on any atom is -0.497 e. The van der Waals surface area contributed by atoms with Crippen molar-refractivity contribution in [2.45, 2.75) is 17.9 Å². The van der Waals surface area contributed by atoms with Crippen LogP contribution in [0.2, 0.25) is 0 Å². The van der Waals surface area contributed by atoms with Crippen molar-refractivity contribution in [3.63, 3.8) is 0 Å². The molecule has 0 spiro atoms. The van der Waals surface area contributed by atoms with Crippen molar-refractivity contribution < 1.29 is 19.4 Å². The molecule has 17 heavy (non-hydrogen) atoms. The molecule has 3 unspecified atom stereocenters. The van der Waals surface area contributed by atoms with Gasteiger partial charge >= 0.3 is 5.97 Å². The summed E-state index contributed by atoms with van der Waals surface area (Å²) in [5, 5.41) is 9.26. The van der Waals surface area contributed by atoms with Crippen LogP contribution >= 0.6 is 0 Å². The van der Waals surface area contributed by atoms with Crippen LogP contribution in [0.25, 0.3) is 0 Å². The number of hydrogen-bond donors (Lipinski definition) is 1.